The van der Waals surface area contributed by atoms with Gasteiger partial charge in [0.1, 0.15) is 11.6 Å². The number of para-hydroxylation sites is 1. The molecule has 0 fully saturated rings. The number of benzene rings is 2. The van der Waals surface area contributed by atoms with Crippen molar-refractivity contribution < 1.29 is 9.13 Å². The van der Waals surface area contributed by atoms with E-state index in [1.54, 1.807) is 6.07 Å². The van der Waals surface area contributed by atoms with Crippen molar-refractivity contribution in [3.63, 3.8) is 0 Å². The van der Waals surface area contributed by atoms with Crippen LogP contribution in [0.5, 0.6) is 5.75 Å². The Balaban J connectivity index is 1.63. The maximum atomic E-state index is 14.1. The van der Waals surface area contributed by atoms with E-state index in [4.69, 9.17) is 10.5 Å². The number of nitrogens with zero attached hydrogens (tertiary/aromatic N) is 2. The molecule has 6 heteroatoms. The Morgan fingerprint density at radius 1 is 1.31 bits per heavy atom. The van der Waals surface area contributed by atoms with Gasteiger partial charge in [-0.2, -0.15) is 0 Å². The van der Waals surface area contributed by atoms with E-state index in [0.717, 1.165) is 23.3 Å². The van der Waals surface area contributed by atoms with Crippen molar-refractivity contribution in [3.8, 4) is 5.75 Å². The Hall–Kier alpha value is -2.60. The zero-order valence-electron chi connectivity index (χ0n) is 15.2. The molecule has 3 rings (SSSR count). The predicted octanol–water partition coefficient (Wildman–Crippen LogP) is 2.82. The first-order valence-corrected chi connectivity index (χ1v) is 8.73. The van der Waals surface area contributed by atoms with Gasteiger partial charge in [0.2, 0.25) is 0 Å². The number of hydrogen-bond acceptors (Lipinski definition) is 3. The summed E-state index contributed by atoms with van der Waals surface area (Å²) >= 11 is 0. The van der Waals surface area contributed by atoms with Crippen molar-refractivity contribution in [2.75, 3.05) is 20.7 Å². The summed E-state index contributed by atoms with van der Waals surface area (Å²) in [4.78, 5) is 6.29. The summed E-state index contributed by atoms with van der Waals surface area (Å²) in [5, 5.41) is 3.24. The third-order valence-electron chi connectivity index (χ3n) is 4.32. The van der Waals surface area contributed by atoms with Gasteiger partial charge in [-0.1, -0.05) is 30.3 Å². The molecule has 0 saturated carbocycles. The van der Waals surface area contributed by atoms with E-state index in [9.17, 15) is 4.39 Å². The average Bonchev–Trinajstić information content (AvgIpc) is 2.62. The lowest BCUT2D eigenvalue weighted by molar-refractivity contribution is 0.262. The molecule has 0 saturated heterocycles. The minimum absolute atomic E-state index is 0.0721. The molecule has 1 atom stereocenters. The normalized spacial score (nSPS) is 16.9. The third kappa shape index (κ3) is 4.52. The Morgan fingerprint density at radius 2 is 2.12 bits per heavy atom. The fourth-order valence-electron chi connectivity index (χ4n) is 3.05. The molecule has 26 heavy (non-hydrogen) atoms. The van der Waals surface area contributed by atoms with Gasteiger partial charge in [0, 0.05) is 24.1 Å². The molecule has 2 aromatic rings. The number of ether oxygens (including phenoxy) is 1. The molecule has 0 aromatic heterocycles. The number of rotatable bonds is 5. The molecule has 0 amide bonds. The second-order valence-electron chi connectivity index (χ2n) is 6.74. The monoisotopic (exact) mass is 356 g/mol. The smallest absolute Gasteiger partial charge is 0.189 e. The number of guanidine groups is 1. The highest BCUT2D eigenvalue weighted by Gasteiger charge is 2.21. The first-order valence-electron chi connectivity index (χ1n) is 8.73. The topological polar surface area (TPSA) is 62.9 Å². The van der Waals surface area contributed by atoms with Crippen molar-refractivity contribution >= 4 is 5.96 Å². The fourth-order valence-corrected chi connectivity index (χ4v) is 3.05. The molecule has 0 aliphatic carbocycles. The van der Waals surface area contributed by atoms with Crippen molar-refractivity contribution in [2.24, 2.45) is 10.7 Å². The molecule has 0 radical (unpaired) electrons. The van der Waals surface area contributed by atoms with Crippen LogP contribution >= 0.6 is 0 Å². The molecular weight excluding hydrogens is 331 g/mol. The average molecular weight is 356 g/mol. The molecule has 1 heterocycles. The van der Waals surface area contributed by atoms with Crippen molar-refractivity contribution in [2.45, 2.75) is 25.6 Å². The predicted molar refractivity (Wildman–Crippen MR) is 102 cm³/mol. The second kappa shape index (κ2) is 8.19. The summed E-state index contributed by atoms with van der Waals surface area (Å²) < 4.78 is 19.8. The van der Waals surface area contributed by atoms with Crippen LogP contribution in [0.4, 0.5) is 4.39 Å². The minimum atomic E-state index is -0.212. The highest BCUT2D eigenvalue weighted by atomic mass is 19.1. The van der Waals surface area contributed by atoms with Gasteiger partial charge in [0.25, 0.3) is 0 Å². The van der Waals surface area contributed by atoms with Gasteiger partial charge in [0.15, 0.2) is 5.96 Å². The highest BCUT2D eigenvalue weighted by Crippen LogP contribution is 2.31. The summed E-state index contributed by atoms with van der Waals surface area (Å²) in [5.74, 6) is 1.02. The maximum Gasteiger partial charge on any atom is 0.189 e. The van der Waals surface area contributed by atoms with Crippen molar-refractivity contribution in [3.05, 3.63) is 65.0 Å². The zero-order valence-corrected chi connectivity index (χ0v) is 15.2. The van der Waals surface area contributed by atoms with Crippen molar-refractivity contribution in [1.82, 2.24) is 10.2 Å². The molecule has 138 valence electrons. The molecule has 1 aliphatic heterocycles. The van der Waals surface area contributed by atoms with Crippen LogP contribution in [0.15, 0.2) is 47.5 Å². The number of nitrogens with two attached hydrogens (primary N) is 1. The van der Waals surface area contributed by atoms with E-state index >= 15 is 0 Å². The summed E-state index contributed by atoms with van der Waals surface area (Å²) in [5.41, 5.74) is 8.59. The molecule has 2 aromatic carbocycles. The van der Waals surface area contributed by atoms with E-state index in [1.165, 1.54) is 6.07 Å². The van der Waals surface area contributed by atoms with Crippen LogP contribution in [0.1, 0.15) is 29.2 Å². The van der Waals surface area contributed by atoms with Gasteiger partial charge < -0.3 is 20.7 Å². The Morgan fingerprint density at radius 3 is 2.88 bits per heavy atom. The van der Waals surface area contributed by atoms with Crippen LogP contribution in [0, 0.1) is 5.82 Å². The Kier molecular flexibility index (Phi) is 5.73. The molecule has 1 unspecified atom stereocenters. The van der Waals surface area contributed by atoms with E-state index in [0.29, 0.717) is 31.2 Å². The molecular formula is C20H25FN4O. The number of halogens is 1. The van der Waals surface area contributed by atoms with Gasteiger partial charge >= 0.3 is 0 Å². The van der Waals surface area contributed by atoms with Gasteiger partial charge in [-0.15, -0.1) is 0 Å². The van der Waals surface area contributed by atoms with E-state index in [2.05, 4.69) is 10.3 Å². The summed E-state index contributed by atoms with van der Waals surface area (Å²) in [6, 6.07) is 13.2. The van der Waals surface area contributed by atoms with Gasteiger partial charge in [-0.05, 0) is 31.8 Å². The molecule has 5 nitrogen and oxygen atoms in total. The first-order chi connectivity index (χ1) is 12.5. The lowest BCUT2D eigenvalue weighted by Gasteiger charge is -2.26. The number of nitrogens with one attached hydrogen (secondary N) is 1. The molecule has 1 aliphatic rings. The number of aliphatic imine (C=N–C) groups is 1. The molecule has 3 N–H and O–H groups in total. The summed E-state index contributed by atoms with van der Waals surface area (Å²) in [6.45, 7) is 1.55. The Labute approximate surface area is 153 Å². The maximum absolute atomic E-state index is 14.1. The largest absolute Gasteiger partial charge is 0.493 e. The quantitative estimate of drug-likeness (QED) is 0.639. The van der Waals surface area contributed by atoms with Crippen LogP contribution in [0.2, 0.25) is 0 Å². The van der Waals surface area contributed by atoms with E-state index in [-0.39, 0.29) is 11.9 Å². The van der Waals surface area contributed by atoms with E-state index < -0.39 is 0 Å². The fraction of sp³-hybridized carbons (Fsp3) is 0.350. The summed E-state index contributed by atoms with van der Waals surface area (Å²) in [6.07, 6.45) is 0.821. The number of hydrogen-bond donors (Lipinski definition) is 2. The number of fused-ring (bicyclic) bond motifs is 1. The van der Waals surface area contributed by atoms with Gasteiger partial charge in [-0.25, -0.2) is 9.38 Å². The van der Waals surface area contributed by atoms with Gasteiger partial charge in [0.05, 0.1) is 19.2 Å². The van der Waals surface area contributed by atoms with Gasteiger partial charge in [-0.3, -0.25) is 0 Å². The summed E-state index contributed by atoms with van der Waals surface area (Å²) in [7, 11) is 3.83. The standard InChI is InChI=1S/C20H25FN4O/c1-25(2)13-15-8-7-14(11-17(15)21)12-23-20(22)24-18-9-10-26-19-6-4-3-5-16(18)19/h3-8,11,18H,9-10,12-13H2,1-2H3,(H3,22,23,24). The zero-order chi connectivity index (χ0) is 18.5. The second-order valence-corrected chi connectivity index (χ2v) is 6.74. The van der Waals surface area contributed by atoms with Crippen LogP contribution in [-0.2, 0) is 13.1 Å². The van der Waals surface area contributed by atoms with Crippen LogP contribution in [0.25, 0.3) is 0 Å². The van der Waals surface area contributed by atoms with Crippen LogP contribution < -0.4 is 15.8 Å². The molecule has 0 spiro atoms. The lowest BCUT2D eigenvalue weighted by atomic mass is 10.0. The van der Waals surface area contributed by atoms with Crippen molar-refractivity contribution in [1.29, 1.82) is 0 Å². The van der Waals surface area contributed by atoms with E-state index in [1.807, 2.05) is 49.3 Å². The third-order valence-corrected chi connectivity index (χ3v) is 4.32. The lowest BCUT2D eigenvalue weighted by Crippen LogP contribution is -2.37. The van der Waals surface area contributed by atoms with Crippen LogP contribution in [0.3, 0.4) is 0 Å². The Bertz CT molecular complexity index is 791. The minimum Gasteiger partial charge on any atom is -0.493 e. The molecule has 0 bridgehead atoms. The SMILES string of the molecule is CN(C)Cc1ccc(CN=C(N)NC2CCOc3ccccc32)cc1F. The first kappa shape index (κ1) is 18.2. The highest BCUT2D eigenvalue weighted by molar-refractivity contribution is 5.78. The van der Waals surface area contributed by atoms with Crippen LogP contribution in [-0.4, -0.2) is 31.6 Å².